The van der Waals surface area contributed by atoms with E-state index in [0.717, 1.165) is 19.3 Å². The lowest BCUT2D eigenvalue weighted by Gasteiger charge is -2.26. The van der Waals surface area contributed by atoms with E-state index in [-0.39, 0.29) is 22.6 Å². The zero-order chi connectivity index (χ0) is 11.5. The van der Waals surface area contributed by atoms with Crippen molar-refractivity contribution in [3.05, 3.63) is 0 Å². The van der Waals surface area contributed by atoms with Crippen LogP contribution in [0.15, 0.2) is 0 Å². The zero-order valence-electron chi connectivity index (χ0n) is 9.98. The molecule has 3 heteroatoms. The van der Waals surface area contributed by atoms with Crippen molar-refractivity contribution in [2.24, 2.45) is 11.3 Å². The summed E-state index contributed by atoms with van der Waals surface area (Å²) in [6.45, 7) is 7.00. The maximum atomic E-state index is 11.9. The van der Waals surface area contributed by atoms with Crippen molar-refractivity contribution in [2.45, 2.75) is 51.8 Å². The summed E-state index contributed by atoms with van der Waals surface area (Å²) < 4.78 is 0. The third-order valence-electron chi connectivity index (χ3n) is 3.51. The molecule has 0 spiro atoms. The lowest BCUT2D eigenvalue weighted by atomic mass is 9.81. The van der Waals surface area contributed by atoms with E-state index in [2.05, 4.69) is 19.2 Å². The Morgan fingerprint density at radius 1 is 1.60 bits per heavy atom. The third kappa shape index (κ3) is 3.37. The second-order valence-electron chi connectivity index (χ2n) is 5.18. The van der Waals surface area contributed by atoms with Gasteiger partial charge in [0.05, 0.1) is 5.38 Å². The van der Waals surface area contributed by atoms with Gasteiger partial charge < -0.3 is 5.32 Å². The molecule has 1 rings (SSSR count). The standard InChI is InChI=1S/C12H22ClNO/c1-4-9(13)8-14-11(15)10-6-5-7-12(10,2)3/h9-10H,4-8H2,1-3H3,(H,14,15). The van der Waals surface area contributed by atoms with Gasteiger partial charge in [0.25, 0.3) is 0 Å². The first-order chi connectivity index (χ1) is 6.97. The number of alkyl halides is 1. The van der Waals surface area contributed by atoms with Gasteiger partial charge in [-0.1, -0.05) is 27.2 Å². The number of nitrogens with one attached hydrogen (secondary N) is 1. The summed E-state index contributed by atoms with van der Waals surface area (Å²) in [6, 6.07) is 0. The Kier molecular flexibility index (Phi) is 4.45. The molecule has 88 valence electrons. The van der Waals surface area contributed by atoms with Gasteiger partial charge in [0, 0.05) is 12.5 Å². The average molecular weight is 232 g/mol. The van der Waals surface area contributed by atoms with E-state index in [1.165, 1.54) is 6.42 Å². The summed E-state index contributed by atoms with van der Waals surface area (Å²) in [6.07, 6.45) is 4.25. The number of hydrogen-bond donors (Lipinski definition) is 1. The molecule has 2 nitrogen and oxygen atoms in total. The van der Waals surface area contributed by atoms with Crippen molar-refractivity contribution < 1.29 is 4.79 Å². The molecule has 0 aromatic carbocycles. The van der Waals surface area contributed by atoms with Crippen molar-refractivity contribution in [2.75, 3.05) is 6.54 Å². The average Bonchev–Trinajstić information content (AvgIpc) is 2.53. The van der Waals surface area contributed by atoms with Gasteiger partial charge in [-0.3, -0.25) is 4.79 Å². The molecule has 1 aliphatic rings. The summed E-state index contributed by atoms with van der Waals surface area (Å²) in [5.41, 5.74) is 0.165. The normalized spacial score (nSPS) is 26.3. The molecular weight excluding hydrogens is 210 g/mol. The van der Waals surface area contributed by atoms with Gasteiger partial charge in [-0.15, -0.1) is 11.6 Å². The second-order valence-corrected chi connectivity index (χ2v) is 5.80. The summed E-state index contributed by atoms with van der Waals surface area (Å²) in [4.78, 5) is 11.9. The number of rotatable bonds is 4. The van der Waals surface area contributed by atoms with Crippen molar-refractivity contribution >= 4 is 17.5 Å². The van der Waals surface area contributed by atoms with Gasteiger partial charge in [-0.25, -0.2) is 0 Å². The van der Waals surface area contributed by atoms with E-state index in [0.29, 0.717) is 6.54 Å². The third-order valence-corrected chi connectivity index (χ3v) is 3.98. The molecule has 1 fully saturated rings. The molecule has 0 radical (unpaired) electrons. The molecule has 15 heavy (non-hydrogen) atoms. The van der Waals surface area contributed by atoms with Gasteiger partial charge >= 0.3 is 0 Å². The van der Waals surface area contributed by atoms with E-state index < -0.39 is 0 Å². The van der Waals surface area contributed by atoms with Crippen LogP contribution in [-0.4, -0.2) is 17.8 Å². The van der Waals surface area contributed by atoms with E-state index in [4.69, 9.17) is 11.6 Å². The highest BCUT2D eigenvalue weighted by Gasteiger charge is 2.39. The quantitative estimate of drug-likeness (QED) is 0.741. The minimum atomic E-state index is 0.0680. The summed E-state index contributed by atoms with van der Waals surface area (Å²) in [7, 11) is 0. The van der Waals surface area contributed by atoms with Gasteiger partial charge in [-0.05, 0) is 24.7 Å². The van der Waals surface area contributed by atoms with Crippen LogP contribution in [-0.2, 0) is 4.79 Å². The van der Waals surface area contributed by atoms with Gasteiger partial charge in [0.2, 0.25) is 5.91 Å². The molecule has 0 saturated heterocycles. The fraction of sp³-hybridized carbons (Fsp3) is 0.917. The second kappa shape index (κ2) is 5.20. The molecule has 0 aromatic rings. The van der Waals surface area contributed by atoms with Crippen molar-refractivity contribution in [3.63, 3.8) is 0 Å². The predicted octanol–water partition coefficient (Wildman–Crippen LogP) is 2.95. The monoisotopic (exact) mass is 231 g/mol. The first kappa shape index (κ1) is 12.8. The van der Waals surface area contributed by atoms with Gasteiger partial charge in [0.1, 0.15) is 0 Å². The molecule has 1 aliphatic carbocycles. The predicted molar refractivity (Wildman–Crippen MR) is 64.1 cm³/mol. The molecule has 2 atom stereocenters. The minimum Gasteiger partial charge on any atom is -0.354 e. The molecule has 1 saturated carbocycles. The number of hydrogen-bond acceptors (Lipinski definition) is 1. The van der Waals surface area contributed by atoms with Crippen LogP contribution < -0.4 is 5.32 Å². The Hall–Kier alpha value is -0.240. The summed E-state index contributed by atoms with van der Waals surface area (Å²) in [5, 5.41) is 3.03. The molecule has 0 heterocycles. The Labute approximate surface area is 97.8 Å². The maximum absolute atomic E-state index is 11.9. The number of carbonyl (C=O) groups excluding carboxylic acids is 1. The fourth-order valence-electron chi connectivity index (χ4n) is 2.29. The smallest absolute Gasteiger partial charge is 0.223 e. The molecular formula is C12H22ClNO. The van der Waals surface area contributed by atoms with Crippen LogP contribution in [0.4, 0.5) is 0 Å². The number of amides is 1. The summed E-state index contributed by atoms with van der Waals surface area (Å²) in [5.74, 6) is 0.370. The Morgan fingerprint density at radius 2 is 2.27 bits per heavy atom. The Morgan fingerprint density at radius 3 is 2.73 bits per heavy atom. The molecule has 1 N–H and O–H groups in total. The fourth-order valence-corrected chi connectivity index (χ4v) is 2.37. The van der Waals surface area contributed by atoms with Crippen LogP contribution in [0.25, 0.3) is 0 Å². The van der Waals surface area contributed by atoms with Crippen LogP contribution in [0.3, 0.4) is 0 Å². The highest BCUT2D eigenvalue weighted by Crippen LogP contribution is 2.42. The SMILES string of the molecule is CCC(Cl)CNC(=O)C1CCCC1(C)C. The maximum Gasteiger partial charge on any atom is 0.223 e. The Balaban J connectivity index is 2.40. The van der Waals surface area contributed by atoms with Crippen molar-refractivity contribution in [1.82, 2.24) is 5.32 Å². The highest BCUT2D eigenvalue weighted by atomic mass is 35.5. The van der Waals surface area contributed by atoms with Crippen LogP contribution in [0, 0.1) is 11.3 Å². The van der Waals surface area contributed by atoms with Crippen LogP contribution >= 0.6 is 11.6 Å². The molecule has 0 aromatic heterocycles. The topological polar surface area (TPSA) is 29.1 Å². The van der Waals surface area contributed by atoms with Crippen LogP contribution in [0.5, 0.6) is 0 Å². The molecule has 0 bridgehead atoms. The number of halogens is 1. The van der Waals surface area contributed by atoms with E-state index >= 15 is 0 Å². The zero-order valence-corrected chi connectivity index (χ0v) is 10.7. The first-order valence-electron chi connectivity index (χ1n) is 5.89. The highest BCUT2D eigenvalue weighted by molar-refractivity contribution is 6.20. The molecule has 0 aliphatic heterocycles. The molecule has 1 amide bonds. The van der Waals surface area contributed by atoms with Gasteiger partial charge in [0.15, 0.2) is 0 Å². The van der Waals surface area contributed by atoms with E-state index in [1.54, 1.807) is 0 Å². The Bertz CT molecular complexity index is 228. The summed E-state index contributed by atoms with van der Waals surface area (Å²) >= 11 is 5.97. The lowest BCUT2D eigenvalue weighted by molar-refractivity contribution is -0.127. The van der Waals surface area contributed by atoms with E-state index in [9.17, 15) is 4.79 Å². The molecule has 2 unspecified atom stereocenters. The van der Waals surface area contributed by atoms with E-state index in [1.807, 2.05) is 6.92 Å². The van der Waals surface area contributed by atoms with Crippen LogP contribution in [0.2, 0.25) is 0 Å². The number of carbonyl (C=O) groups is 1. The van der Waals surface area contributed by atoms with Crippen LogP contribution in [0.1, 0.15) is 46.5 Å². The van der Waals surface area contributed by atoms with Gasteiger partial charge in [-0.2, -0.15) is 0 Å². The minimum absolute atomic E-state index is 0.0680. The largest absolute Gasteiger partial charge is 0.354 e. The first-order valence-corrected chi connectivity index (χ1v) is 6.33. The lowest BCUT2D eigenvalue weighted by Crippen LogP contribution is -2.38. The van der Waals surface area contributed by atoms with Crippen molar-refractivity contribution in [3.8, 4) is 0 Å². The van der Waals surface area contributed by atoms with Crippen molar-refractivity contribution in [1.29, 1.82) is 0 Å².